The van der Waals surface area contributed by atoms with Gasteiger partial charge in [-0.25, -0.2) is 4.98 Å². The predicted octanol–water partition coefficient (Wildman–Crippen LogP) is 2.88. The first-order chi connectivity index (χ1) is 11.2. The van der Waals surface area contributed by atoms with Gasteiger partial charge in [-0.15, -0.1) is 0 Å². The molecule has 23 heavy (non-hydrogen) atoms. The SMILES string of the molecule is CC1=C(c2ccccc2)[C@H]1C(=O)NCC1(Cn2ccnc2)CC1. The van der Waals surface area contributed by atoms with Crippen molar-refractivity contribution in [1.29, 1.82) is 0 Å². The van der Waals surface area contributed by atoms with Crippen LogP contribution < -0.4 is 5.32 Å². The van der Waals surface area contributed by atoms with E-state index >= 15 is 0 Å². The van der Waals surface area contributed by atoms with Gasteiger partial charge in [0.15, 0.2) is 0 Å². The van der Waals surface area contributed by atoms with Gasteiger partial charge >= 0.3 is 0 Å². The third-order valence-electron chi connectivity index (χ3n) is 5.08. The molecule has 1 N–H and O–H groups in total. The molecule has 2 aliphatic rings. The molecule has 4 nitrogen and oxygen atoms in total. The lowest BCUT2D eigenvalue weighted by atomic mass is 10.1. The molecule has 0 spiro atoms. The lowest BCUT2D eigenvalue weighted by molar-refractivity contribution is -0.121. The summed E-state index contributed by atoms with van der Waals surface area (Å²) in [5, 5.41) is 3.18. The summed E-state index contributed by atoms with van der Waals surface area (Å²) in [6.07, 6.45) is 7.99. The van der Waals surface area contributed by atoms with E-state index in [0.717, 1.165) is 13.1 Å². The number of carbonyl (C=O) groups is 1. The van der Waals surface area contributed by atoms with Crippen LogP contribution in [0, 0.1) is 11.3 Å². The Balaban J connectivity index is 1.33. The molecular weight excluding hydrogens is 286 g/mol. The molecule has 1 saturated carbocycles. The second-order valence-corrected chi connectivity index (χ2v) is 6.85. The molecule has 4 rings (SSSR count). The molecule has 0 saturated heterocycles. The van der Waals surface area contributed by atoms with Gasteiger partial charge in [-0.2, -0.15) is 0 Å². The Labute approximate surface area is 136 Å². The zero-order chi connectivity index (χ0) is 15.9. The highest BCUT2D eigenvalue weighted by Crippen LogP contribution is 2.48. The van der Waals surface area contributed by atoms with Crippen LogP contribution in [0.3, 0.4) is 0 Å². The Morgan fingerprint density at radius 1 is 1.35 bits per heavy atom. The van der Waals surface area contributed by atoms with Crippen molar-refractivity contribution in [3.05, 3.63) is 60.2 Å². The molecule has 0 unspecified atom stereocenters. The van der Waals surface area contributed by atoms with E-state index < -0.39 is 0 Å². The maximum atomic E-state index is 12.5. The summed E-state index contributed by atoms with van der Waals surface area (Å²) in [5.41, 5.74) is 3.80. The van der Waals surface area contributed by atoms with Crippen molar-refractivity contribution < 1.29 is 4.79 Å². The van der Waals surface area contributed by atoms with Crippen molar-refractivity contribution >= 4 is 11.5 Å². The van der Waals surface area contributed by atoms with Crippen LogP contribution in [0.15, 0.2) is 54.6 Å². The molecule has 4 heteroatoms. The summed E-state index contributed by atoms with van der Waals surface area (Å²) < 4.78 is 2.11. The second kappa shape index (κ2) is 5.37. The second-order valence-electron chi connectivity index (χ2n) is 6.85. The van der Waals surface area contributed by atoms with Crippen LogP contribution in [0.2, 0.25) is 0 Å². The molecule has 0 aliphatic heterocycles. The van der Waals surface area contributed by atoms with Crippen LogP contribution in [0.25, 0.3) is 5.57 Å². The first-order valence-electron chi connectivity index (χ1n) is 8.18. The molecule has 1 heterocycles. The molecule has 1 aromatic carbocycles. The van der Waals surface area contributed by atoms with Gasteiger partial charge in [0.2, 0.25) is 5.91 Å². The summed E-state index contributed by atoms with van der Waals surface area (Å²) >= 11 is 0. The van der Waals surface area contributed by atoms with E-state index in [9.17, 15) is 4.79 Å². The van der Waals surface area contributed by atoms with Gasteiger partial charge in [-0.1, -0.05) is 35.9 Å². The van der Waals surface area contributed by atoms with Crippen molar-refractivity contribution in [3.63, 3.8) is 0 Å². The zero-order valence-electron chi connectivity index (χ0n) is 13.3. The smallest absolute Gasteiger partial charge is 0.231 e. The first kappa shape index (κ1) is 14.2. The van der Waals surface area contributed by atoms with Crippen LogP contribution in [0.4, 0.5) is 0 Å². The first-order valence-corrected chi connectivity index (χ1v) is 8.18. The van der Waals surface area contributed by atoms with Gasteiger partial charge in [-0.3, -0.25) is 4.79 Å². The maximum Gasteiger partial charge on any atom is 0.231 e. The fraction of sp³-hybridized carbons (Fsp3) is 0.368. The quantitative estimate of drug-likeness (QED) is 0.892. The minimum atomic E-state index is -0.0264. The molecule has 2 aliphatic carbocycles. The highest BCUT2D eigenvalue weighted by Gasteiger charge is 2.45. The van der Waals surface area contributed by atoms with Gasteiger partial charge in [-0.05, 0) is 30.9 Å². The van der Waals surface area contributed by atoms with Crippen molar-refractivity contribution in [2.24, 2.45) is 11.3 Å². The van der Waals surface area contributed by atoms with Crippen molar-refractivity contribution in [3.8, 4) is 0 Å². The number of rotatable bonds is 6. The number of amides is 1. The number of nitrogens with one attached hydrogen (secondary N) is 1. The molecule has 0 bridgehead atoms. The van der Waals surface area contributed by atoms with Gasteiger partial charge < -0.3 is 9.88 Å². The van der Waals surface area contributed by atoms with Crippen LogP contribution in [-0.2, 0) is 11.3 Å². The molecule has 1 fully saturated rings. The molecule has 118 valence electrons. The predicted molar refractivity (Wildman–Crippen MR) is 89.4 cm³/mol. The molecule has 1 amide bonds. The highest BCUT2D eigenvalue weighted by molar-refractivity contribution is 6.05. The number of aromatic nitrogens is 2. The summed E-state index contributed by atoms with van der Waals surface area (Å²) in [6.45, 7) is 3.76. The van der Waals surface area contributed by atoms with E-state index in [2.05, 4.69) is 33.9 Å². The van der Waals surface area contributed by atoms with E-state index in [-0.39, 0.29) is 17.2 Å². The van der Waals surface area contributed by atoms with E-state index in [0.29, 0.717) is 0 Å². The van der Waals surface area contributed by atoms with Gasteiger partial charge in [0.25, 0.3) is 0 Å². The largest absolute Gasteiger partial charge is 0.355 e. The topological polar surface area (TPSA) is 46.9 Å². The summed E-state index contributed by atoms with van der Waals surface area (Å²) in [4.78, 5) is 16.6. The molecule has 0 radical (unpaired) electrons. The van der Waals surface area contributed by atoms with Gasteiger partial charge in [0, 0.05) is 30.9 Å². The molecule has 2 aromatic rings. The standard InChI is InChI=1S/C19H21N3O/c1-14-16(15-5-3-2-4-6-15)17(14)18(23)21-11-19(7-8-19)12-22-10-9-20-13-22/h2-6,9-10,13,17H,7-8,11-12H2,1H3,(H,21,23)/t17-/m0/s1. The van der Waals surface area contributed by atoms with E-state index in [4.69, 9.17) is 0 Å². The zero-order valence-corrected chi connectivity index (χ0v) is 13.3. The molecule has 1 aromatic heterocycles. The van der Waals surface area contributed by atoms with Crippen LogP contribution >= 0.6 is 0 Å². The number of nitrogens with zero attached hydrogens (tertiary/aromatic N) is 2. The average Bonchev–Trinajstić information content (AvgIpc) is 3.41. The number of benzene rings is 1. The maximum absolute atomic E-state index is 12.5. The number of carbonyl (C=O) groups excluding carboxylic acids is 1. The van der Waals surface area contributed by atoms with Crippen LogP contribution in [0.1, 0.15) is 25.3 Å². The van der Waals surface area contributed by atoms with Crippen molar-refractivity contribution in [2.75, 3.05) is 6.54 Å². The Hall–Kier alpha value is -2.36. The normalized spacial score (nSPS) is 21.2. The lowest BCUT2D eigenvalue weighted by Gasteiger charge is -2.17. The number of hydrogen-bond acceptors (Lipinski definition) is 2. The average molecular weight is 307 g/mol. The Bertz CT molecular complexity index is 742. The summed E-state index contributed by atoms with van der Waals surface area (Å²) in [6, 6.07) is 10.2. The van der Waals surface area contributed by atoms with Gasteiger partial charge in [0.1, 0.15) is 0 Å². The van der Waals surface area contributed by atoms with Crippen molar-refractivity contribution in [2.45, 2.75) is 26.3 Å². The van der Waals surface area contributed by atoms with E-state index in [1.54, 1.807) is 6.20 Å². The summed E-state index contributed by atoms with van der Waals surface area (Å²) in [5.74, 6) is 0.125. The van der Waals surface area contributed by atoms with Crippen molar-refractivity contribution in [1.82, 2.24) is 14.9 Å². The Kier molecular flexibility index (Phi) is 3.33. The highest BCUT2D eigenvalue weighted by atomic mass is 16.2. The van der Waals surface area contributed by atoms with E-state index in [1.807, 2.05) is 30.7 Å². The third-order valence-corrected chi connectivity index (χ3v) is 5.08. The van der Waals surface area contributed by atoms with E-state index in [1.165, 1.54) is 29.6 Å². The molecule has 1 atom stereocenters. The fourth-order valence-corrected chi connectivity index (χ4v) is 3.38. The molecular formula is C19H21N3O. The Morgan fingerprint density at radius 3 is 2.78 bits per heavy atom. The number of hydrogen-bond donors (Lipinski definition) is 1. The van der Waals surface area contributed by atoms with Gasteiger partial charge in [0.05, 0.1) is 12.2 Å². The number of imidazole rings is 1. The fourth-order valence-electron chi connectivity index (χ4n) is 3.38. The monoisotopic (exact) mass is 307 g/mol. The lowest BCUT2D eigenvalue weighted by Crippen LogP contribution is -2.34. The Morgan fingerprint density at radius 2 is 2.13 bits per heavy atom. The van der Waals surface area contributed by atoms with Crippen LogP contribution in [-0.4, -0.2) is 22.0 Å². The third kappa shape index (κ3) is 2.81. The van der Waals surface area contributed by atoms with Crippen LogP contribution in [0.5, 0.6) is 0 Å². The minimum Gasteiger partial charge on any atom is -0.355 e. The minimum absolute atomic E-state index is 0.0264. The summed E-state index contributed by atoms with van der Waals surface area (Å²) in [7, 11) is 0.